The number of carbonyl (C=O) groups excluding carboxylic acids is 3. The Hall–Kier alpha value is -5.17. The molecule has 6 N–H and O–H groups in total. The summed E-state index contributed by atoms with van der Waals surface area (Å²) in [7, 11) is -3.81. The van der Waals surface area contributed by atoms with Gasteiger partial charge in [-0.1, -0.05) is 36.4 Å². The molecule has 222 valence electrons. The number of aromatic amines is 1. The summed E-state index contributed by atoms with van der Waals surface area (Å²) in [5.74, 6) is -1.10. The normalized spacial score (nSPS) is 11.6. The molecule has 44 heavy (non-hydrogen) atoms. The van der Waals surface area contributed by atoms with Gasteiger partial charge in [-0.25, -0.2) is 13.6 Å². The maximum Gasteiger partial charge on any atom is 0.272 e. The molecule has 5 rings (SSSR count). The summed E-state index contributed by atoms with van der Waals surface area (Å²) in [5.41, 5.74) is 3.06. The van der Waals surface area contributed by atoms with E-state index in [0.717, 1.165) is 21.4 Å². The molecule has 4 aromatic carbocycles. The number of benzene rings is 4. The number of amides is 3. The molecule has 1 heterocycles. The van der Waals surface area contributed by atoms with Crippen molar-refractivity contribution in [2.75, 3.05) is 16.4 Å². The second-order valence-corrected chi connectivity index (χ2v) is 12.2. The zero-order valence-corrected chi connectivity index (χ0v) is 24.7. The number of primary sulfonamides is 1. The number of nitrogens with two attached hydrogens (primary N) is 1. The molecule has 0 atom stereocenters. The van der Waals surface area contributed by atoms with Crippen LogP contribution < -0.4 is 21.1 Å². The number of carbonyl (C=O) groups is 3. The highest BCUT2D eigenvalue weighted by atomic mass is 32.2. The summed E-state index contributed by atoms with van der Waals surface area (Å²) >= 11 is 1.29. The molecule has 0 radical (unpaired) electrons. The SMILES string of the molecule is NS(=O)(=O)c1ccc(NC(=O)CSc2ccc(NC(=O)/C(=C\c3c[nH]c4ccccc34)NC(=O)c3ccccc3)cc2)cc1. The lowest BCUT2D eigenvalue weighted by Gasteiger charge is -2.12. The van der Waals surface area contributed by atoms with E-state index in [0.29, 0.717) is 16.9 Å². The van der Waals surface area contributed by atoms with Gasteiger partial charge in [0.05, 0.1) is 10.6 Å². The number of rotatable bonds is 10. The lowest BCUT2D eigenvalue weighted by atomic mass is 10.1. The molecular weight excluding hydrogens is 599 g/mol. The van der Waals surface area contributed by atoms with Crippen LogP contribution in [0.5, 0.6) is 0 Å². The van der Waals surface area contributed by atoms with Gasteiger partial charge in [-0.3, -0.25) is 14.4 Å². The monoisotopic (exact) mass is 625 g/mol. The topological polar surface area (TPSA) is 163 Å². The third-order valence-corrected chi connectivity index (χ3v) is 8.34. The number of anilines is 2. The second kappa shape index (κ2) is 13.4. The van der Waals surface area contributed by atoms with E-state index in [1.165, 1.54) is 36.0 Å². The van der Waals surface area contributed by atoms with Crippen molar-refractivity contribution in [3.05, 3.63) is 126 Å². The van der Waals surface area contributed by atoms with Crippen LogP contribution in [0.4, 0.5) is 11.4 Å². The van der Waals surface area contributed by atoms with Crippen LogP contribution in [0.3, 0.4) is 0 Å². The molecule has 0 aliphatic rings. The third kappa shape index (κ3) is 7.81. The highest BCUT2D eigenvalue weighted by Crippen LogP contribution is 2.23. The van der Waals surface area contributed by atoms with Gasteiger partial charge in [-0.15, -0.1) is 11.8 Å². The quantitative estimate of drug-likeness (QED) is 0.109. The van der Waals surface area contributed by atoms with Crippen molar-refractivity contribution in [1.82, 2.24) is 10.3 Å². The molecule has 0 bridgehead atoms. The first-order valence-electron chi connectivity index (χ1n) is 13.3. The van der Waals surface area contributed by atoms with E-state index in [-0.39, 0.29) is 22.3 Å². The smallest absolute Gasteiger partial charge is 0.272 e. The van der Waals surface area contributed by atoms with Gasteiger partial charge in [0.1, 0.15) is 5.70 Å². The summed E-state index contributed by atoms with van der Waals surface area (Å²) in [6.07, 6.45) is 3.40. The Bertz CT molecular complexity index is 1950. The van der Waals surface area contributed by atoms with Gasteiger partial charge in [0, 0.05) is 44.5 Å². The Balaban J connectivity index is 1.24. The number of para-hydroxylation sites is 1. The molecule has 0 fully saturated rings. The van der Waals surface area contributed by atoms with Crippen LogP contribution in [0.2, 0.25) is 0 Å². The van der Waals surface area contributed by atoms with Gasteiger partial charge in [-0.2, -0.15) is 0 Å². The van der Waals surface area contributed by atoms with Gasteiger partial charge in [0.15, 0.2) is 0 Å². The minimum atomic E-state index is -3.81. The predicted octanol–water partition coefficient (Wildman–Crippen LogP) is 4.96. The summed E-state index contributed by atoms with van der Waals surface area (Å²) in [6.45, 7) is 0. The number of hydrogen-bond donors (Lipinski definition) is 5. The minimum absolute atomic E-state index is 0.0452. The van der Waals surface area contributed by atoms with E-state index >= 15 is 0 Å². The average molecular weight is 626 g/mol. The number of nitrogens with one attached hydrogen (secondary N) is 4. The van der Waals surface area contributed by atoms with E-state index in [1.54, 1.807) is 66.9 Å². The molecule has 10 nitrogen and oxygen atoms in total. The fraction of sp³-hybridized carbons (Fsp3) is 0.0312. The van der Waals surface area contributed by atoms with E-state index in [4.69, 9.17) is 5.14 Å². The molecule has 0 aliphatic carbocycles. The lowest BCUT2D eigenvalue weighted by Crippen LogP contribution is -2.30. The van der Waals surface area contributed by atoms with Gasteiger partial charge in [0.2, 0.25) is 15.9 Å². The maximum absolute atomic E-state index is 13.4. The number of aromatic nitrogens is 1. The van der Waals surface area contributed by atoms with Gasteiger partial charge < -0.3 is 20.9 Å². The fourth-order valence-electron chi connectivity index (χ4n) is 4.22. The Morgan fingerprint density at radius 3 is 2.14 bits per heavy atom. The van der Waals surface area contributed by atoms with Gasteiger partial charge >= 0.3 is 0 Å². The van der Waals surface area contributed by atoms with Crippen molar-refractivity contribution >= 4 is 67.9 Å². The molecule has 0 aliphatic heterocycles. The second-order valence-electron chi connectivity index (χ2n) is 9.55. The van der Waals surface area contributed by atoms with E-state index < -0.39 is 21.8 Å². The van der Waals surface area contributed by atoms with Crippen molar-refractivity contribution in [1.29, 1.82) is 0 Å². The molecule has 0 spiro atoms. The van der Waals surface area contributed by atoms with Crippen molar-refractivity contribution in [2.24, 2.45) is 5.14 Å². The Kier molecular flexibility index (Phi) is 9.24. The lowest BCUT2D eigenvalue weighted by molar-refractivity contribution is -0.114. The Morgan fingerprint density at radius 1 is 0.795 bits per heavy atom. The highest BCUT2D eigenvalue weighted by Gasteiger charge is 2.16. The van der Waals surface area contributed by atoms with E-state index in [1.807, 2.05) is 24.3 Å². The first-order chi connectivity index (χ1) is 21.2. The fourth-order valence-corrected chi connectivity index (χ4v) is 5.43. The van der Waals surface area contributed by atoms with Crippen LogP contribution in [0.1, 0.15) is 15.9 Å². The molecule has 1 aromatic heterocycles. The molecule has 12 heteroatoms. The Labute approximate surface area is 257 Å². The molecule has 5 aromatic rings. The van der Waals surface area contributed by atoms with E-state index in [2.05, 4.69) is 20.9 Å². The molecule has 0 saturated carbocycles. The van der Waals surface area contributed by atoms with Crippen LogP contribution in [0, 0.1) is 0 Å². The van der Waals surface area contributed by atoms with Crippen LogP contribution in [-0.4, -0.2) is 36.9 Å². The molecule has 0 saturated heterocycles. The molecule has 0 unspecified atom stereocenters. The zero-order valence-electron chi connectivity index (χ0n) is 23.1. The average Bonchev–Trinajstić information content (AvgIpc) is 3.43. The van der Waals surface area contributed by atoms with Crippen LogP contribution in [-0.2, 0) is 19.6 Å². The van der Waals surface area contributed by atoms with Gasteiger partial charge in [-0.05, 0) is 72.8 Å². The first kappa shape index (κ1) is 30.3. The number of thioether (sulfide) groups is 1. The number of sulfonamides is 1. The van der Waals surface area contributed by atoms with Crippen molar-refractivity contribution in [3.63, 3.8) is 0 Å². The number of H-pyrrole nitrogens is 1. The van der Waals surface area contributed by atoms with Crippen LogP contribution in [0.25, 0.3) is 17.0 Å². The minimum Gasteiger partial charge on any atom is -0.361 e. The third-order valence-electron chi connectivity index (χ3n) is 6.40. The van der Waals surface area contributed by atoms with Crippen molar-refractivity contribution in [3.8, 4) is 0 Å². The number of fused-ring (bicyclic) bond motifs is 1. The van der Waals surface area contributed by atoms with Gasteiger partial charge in [0.25, 0.3) is 11.8 Å². The van der Waals surface area contributed by atoms with Crippen LogP contribution >= 0.6 is 11.8 Å². The standard InChI is InChI=1S/C32H27N5O5S2/c33-44(41,42)26-16-12-23(13-17-26)35-30(38)20-43-25-14-10-24(11-15-25)36-32(40)29(37-31(39)21-6-2-1-3-7-21)18-22-19-34-28-9-5-4-8-27(22)28/h1-19,34H,20H2,(H,35,38)(H,36,40)(H,37,39)(H2,33,41,42)/b29-18+. The predicted molar refractivity (Wildman–Crippen MR) is 172 cm³/mol. The van der Waals surface area contributed by atoms with E-state index in [9.17, 15) is 22.8 Å². The largest absolute Gasteiger partial charge is 0.361 e. The van der Waals surface area contributed by atoms with Crippen LogP contribution in [0.15, 0.2) is 125 Å². The molecule has 3 amide bonds. The van der Waals surface area contributed by atoms with Crippen molar-refractivity contribution in [2.45, 2.75) is 9.79 Å². The summed E-state index contributed by atoms with van der Waals surface area (Å²) < 4.78 is 22.8. The number of hydrogen-bond acceptors (Lipinski definition) is 6. The first-order valence-corrected chi connectivity index (χ1v) is 15.8. The molecular formula is C32H27N5O5S2. The Morgan fingerprint density at radius 2 is 1.43 bits per heavy atom. The summed E-state index contributed by atoms with van der Waals surface area (Å²) in [4.78, 5) is 42.6. The zero-order chi connectivity index (χ0) is 31.1. The van der Waals surface area contributed by atoms with Crippen molar-refractivity contribution < 1.29 is 22.8 Å². The summed E-state index contributed by atoms with van der Waals surface area (Å²) in [6, 6.07) is 28.8. The summed E-state index contributed by atoms with van der Waals surface area (Å²) in [5, 5.41) is 14.3. The highest BCUT2D eigenvalue weighted by molar-refractivity contribution is 8.00. The maximum atomic E-state index is 13.4.